The molecule has 1 heterocycles. The SMILES string of the molecule is N[C@H]1CC=C[C@H](COC(=O)C(F)(F)F)NC1. The van der Waals surface area contributed by atoms with E-state index in [-0.39, 0.29) is 12.6 Å². The summed E-state index contributed by atoms with van der Waals surface area (Å²) in [6.07, 6.45) is -0.880. The number of nitrogens with one attached hydrogen (secondary N) is 1. The molecule has 92 valence electrons. The maximum Gasteiger partial charge on any atom is 0.490 e. The number of ether oxygens (including phenoxy) is 1. The van der Waals surface area contributed by atoms with Crippen molar-refractivity contribution in [2.24, 2.45) is 5.73 Å². The Morgan fingerprint density at radius 3 is 2.88 bits per heavy atom. The molecule has 3 N–H and O–H groups in total. The van der Waals surface area contributed by atoms with E-state index in [0.29, 0.717) is 13.0 Å². The molecule has 0 saturated heterocycles. The van der Waals surface area contributed by atoms with Gasteiger partial charge >= 0.3 is 12.1 Å². The fraction of sp³-hybridized carbons (Fsp3) is 0.667. The van der Waals surface area contributed by atoms with Crippen LogP contribution >= 0.6 is 0 Å². The van der Waals surface area contributed by atoms with Crippen LogP contribution in [0.15, 0.2) is 12.2 Å². The number of rotatable bonds is 2. The molecule has 7 heteroatoms. The predicted molar refractivity (Wildman–Crippen MR) is 50.5 cm³/mol. The first-order valence-electron chi connectivity index (χ1n) is 4.79. The number of esters is 1. The van der Waals surface area contributed by atoms with Crippen molar-refractivity contribution >= 4 is 5.97 Å². The second-order valence-electron chi connectivity index (χ2n) is 3.53. The van der Waals surface area contributed by atoms with Gasteiger partial charge in [-0.3, -0.25) is 0 Å². The van der Waals surface area contributed by atoms with Gasteiger partial charge in [-0.2, -0.15) is 13.2 Å². The van der Waals surface area contributed by atoms with Crippen LogP contribution in [0.3, 0.4) is 0 Å². The van der Waals surface area contributed by atoms with Gasteiger partial charge < -0.3 is 15.8 Å². The molecule has 0 bridgehead atoms. The zero-order chi connectivity index (χ0) is 12.2. The molecule has 4 nitrogen and oxygen atoms in total. The van der Waals surface area contributed by atoms with Crippen LogP contribution in [0.1, 0.15) is 6.42 Å². The lowest BCUT2D eigenvalue weighted by Gasteiger charge is -2.15. The first-order chi connectivity index (χ1) is 7.39. The largest absolute Gasteiger partial charge is 0.490 e. The van der Waals surface area contributed by atoms with E-state index in [0.717, 1.165) is 0 Å². The van der Waals surface area contributed by atoms with Crippen LogP contribution in [0, 0.1) is 0 Å². The van der Waals surface area contributed by atoms with Gasteiger partial charge in [0.25, 0.3) is 0 Å². The van der Waals surface area contributed by atoms with Gasteiger partial charge in [0.05, 0.1) is 6.04 Å². The second-order valence-corrected chi connectivity index (χ2v) is 3.53. The second kappa shape index (κ2) is 5.31. The third kappa shape index (κ3) is 4.19. The zero-order valence-electron chi connectivity index (χ0n) is 8.46. The van der Waals surface area contributed by atoms with Gasteiger partial charge in [-0.05, 0) is 6.42 Å². The first kappa shape index (κ1) is 13.0. The molecule has 0 amide bonds. The minimum Gasteiger partial charge on any atom is -0.457 e. The molecule has 0 aromatic rings. The fourth-order valence-corrected chi connectivity index (χ4v) is 1.23. The summed E-state index contributed by atoms with van der Waals surface area (Å²) < 4.78 is 39.6. The Morgan fingerprint density at radius 2 is 2.25 bits per heavy atom. The molecule has 0 aliphatic carbocycles. The molecular weight excluding hydrogens is 225 g/mol. The van der Waals surface area contributed by atoms with Crippen molar-refractivity contribution in [2.75, 3.05) is 13.2 Å². The van der Waals surface area contributed by atoms with Crippen molar-refractivity contribution in [2.45, 2.75) is 24.7 Å². The van der Waals surface area contributed by atoms with E-state index in [1.54, 1.807) is 12.2 Å². The quantitative estimate of drug-likeness (QED) is 0.537. The molecule has 1 aliphatic heterocycles. The van der Waals surface area contributed by atoms with Crippen molar-refractivity contribution in [3.63, 3.8) is 0 Å². The molecule has 0 fully saturated rings. The number of carbonyl (C=O) groups is 1. The molecule has 0 spiro atoms. The van der Waals surface area contributed by atoms with Crippen molar-refractivity contribution in [3.8, 4) is 0 Å². The Balaban J connectivity index is 2.35. The Bertz CT molecular complexity index is 278. The Labute approximate surface area is 90.6 Å². The van der Waals surface area contributed by atoms with E-state index in [9.17, 15) is 18.0 Å². The number of carbonyl (C=O) groups excluding carboxylic acids is 1. The fourth-order valence-electron chi connectivity index (χ4n) is 1.23. The summed E-state index contributed by atoms with van der Waals surface area (Å²) in [4.78, 5) is 10.4. The van der Waals surface area contributed by atoms with E-state index in [1.165, 1.54) is 0 Å². The lowest BCUT2D eigenvalue weighted by Crippen LogP contribution is -2.40. The Morgan fingerprint density at radius 1 is 1.56 bits per heavy atom. The van der Waals surface area contributed by atoms with Crippen LogP contribution in [0.4, 0.5) is 13.2 Å². The smallest absolute Gasteiger partial charge is 0.457 e. The van der Waals surface area contributed by atoms with E-state index in [4.69, 9.17) is 5.73 Å². The van der Waals surface area contributed by atoms with Gasteiger partial charge in [-0.25, -0.2) is 4.79 Å². The average Bonchev–Trinajstić information content (AvgIpc) is 2.38. The van der Waals surface area contributed by atoms with Crippen LogP contribution in [0.5, 0.6) is 0 Å². The standard InChI is InChI=1S/C9H13F3N2O2/c10-9(11,12)8(15)16-5-7-3-1-2-6(13)4-14-7/h1,3,6-7,14H,2,4-5,13H2/t6-,7+/m0/s1. The summed E-state index contributed by atoms with van der Waals surface area (Å²) in [5, 5.41) is 2.88. The van der Waals surface area contributed by atoms with E-state index < -0.39 is 18.2 Å². The van der Waals surface area contributed by atoms with Crippen LogP contribution < -0.4 is 11.1 Å². The minimum absolute atomic E-state index is 0.0698. The molecule has 0 unspecified atom stereocenters. The summed E-state index contributed by atoms with van der Waals surface area (Å²) >= 11 is 0. The van der Waals surface area contributed by atoms with Gasteiger partial charge in [0.15, 0.2) is 0 Å². The van der Waals surface area contributed by atoms with Crippen LogP contribution in [-0.4, -0.2) is 37.4 Å². The monoisotopic (exact) mass is 238 g/mol. The van der Waals surface area contributed by atoms with Crippen LogP contribution in [-0.2, 0) is 9.53 Å². The highest BCUT2D eigenvalue weighted by atomic mass is 19.4. The molecule has 16 heavy (non-hydrogen) atoms. The average molecular weight is 238 g/mol. The van der Waals surface area contributed by atoms with Gasteiger partial charge in [0.2, 0.25) is 0 Å². The summed E-state index contributed by atoms with van der Waals surface area (Å²) in [6, 6.07) is -0.487. The zero-order valence-corrected chi connectivity index (χ0v) is 8.46. The summed E-state index contributed by atoms with van der Waals surface area (Å²) in [5.41, 5.74) is 5.62. The normalized spacial score (nSPS) is 26.2. The molecule has 2 atom stereocenters. The highest BCUT2D eigenvalue weighted by molar-refractivity contribution is 5.75. The predicted octanol–water partition coefficient (Wildman–Crippen LogP) is 0.337. The number of nitrogens with two attached hydrogens (primary N) is 1. The summed E-state index contributed by atoms with van der Waals surface area (Å²) in [7, 11) is 0. The number of alkyl halides is 3. The van der Waals surface area contributed by atoms with Crippen molar-refractivity contribution < 1.29 is 22.7 Å². The molecular formula is C9H13F3N2O2. The van der Waals surface area contributed by atoms with Crippen molar-refractivity contribution in [1.82, 2.24) is 5.32 Å². The number of halogens is 3. The third-order valence-electron chi connectivity index (χ3n) is 2.07. The number of hydrogen-bond donors (Lipinski definition) is 2. The molecule has 0 aromatic carbocycles. The van der Waals surface area contributed by atoms with Crippen molar-refractivity contribution in [1.29, 1.82) is 0 Å². The van der Waals surface area contributed by atoms with E-state index in [1.807, 2.05) is 0 Å². The lowest BCUT2D eigenvalue weighted by atomic mass is 10.2. The van der Waals surface area contributed by atoms with Gasteiger partial charge in [0, 0.05) is 12.6 Å². The lowest BCUT2D eigenvalue weighted by molar-refractivity contribution is -0.200. The highest BCUT2D eigenvalue weighted by Gasteiger charge is 2.41. The van der Waals surface area contributed by atoms with Gasteiger partial charge in [-0.15, -0.1) is 0 Å². The Hall–Kier alpha value is -1.08. The number of hydrogen-bond acceptors (Lipinski definition) is 4. The maximum absolute atomic E-state index is 11.8. The summed E-state index contributed by atoms with van der Waals surface area (Å²) in [5.74, 6) is -2.17. The van der Waals surface area contributed by atoms with E-state index in [2.05, 4.69) is 10.1 Å². The van der Waals surface area contributed by atoms with Gasteiger partial charge in [-0.1, -0.05) is 12.2 Å². The Kier molecular flexibility index (Phi) is 4.31. The van der Waals surface area contributed by atoms with Crippen molar-refractivity contribution in [3.05, 3.63) is 12.2 Å². The molecule has 0 radical (unpaired) electrons. The molecule has 1 aliphatic rings. The topological polar surface area (TPSA) is 64.3 Å². The first-order valence-corrected chi connectivity index (χ1v) is 4.79. The van der Waals surface area contributed by atoms with Crippen LogP contribution in [0.25, 0.3) is 0 Å². The highest BCUT2D eigenvalue weighted by Crippen LogP contribution is 2.16. The molecule has 1 rings (SSSR count). The molecule has 0 saturated carbocycles. The van der Waals surface area contributed by atoms with Gasteiger partial charge in [0.1, 0.15) is 6.61 Å². The summed E-state index contributed by atoms with van der Waals surface area (Å²) in [6.45, 7) is 0.128. The third-order valence-corrected chi connectivity index (χ3v) is 2.07. The van der Waals surface area contributed by atoms with E-state index >= 15 is 0 Å². The van der Waals surface area contributed by atoms with Crippen LogP contribution in [0.2, 0.25) is 0 Å². The minimum atomic E-state index is -4.94. The molecule has 0 aromatic heterocycles. The maximum atomic E-state index is 11.8.